The fourth-order valence-electron chi connectivity index (χ4n) is 2.04. The van der Waals surface area contributed by atoms with Crippen molar-refractivity contribution in [3.8, 4) is 0 Å². The van der Waals surface area contributed by atoms with Crippen LogP contribution in [0, 0.1) is 5.92 Å². The Morgan fingerprint density at radius 3 is 2.47 bits per heavy atom. The van der Waals surface area contributed by atoms with Gasteiger partial charge in [0.15, 0.2) is 0 Å². The zero-order valence-corrected chi connectivity index (χ0v) is 13.4. The highest BCUT2D eigenvalue weighted by molar-refractivity contribution is 9.10. The molecule has 1 amide bonds. The minimum Gasteiger partial charge on any atom is -0.354 e. The highest BCUT2D eigenvalue weighted by Crippen LogP contribution is 2.26. The van der Waals surface area contributed by atoms with Crippen LogP contribution in [0.3, 0.4) is 0 Å². The lowest BCUT2D eigenvalue weighted by atomic mass is 9.85. The largest absolute Gasteiger partial charge is 0.354 e. The van der Waals surface area contributed by atoms with Crippen molar-refractivity contribution in [1.29, 1.82) is 0 Å². The topological polar surface area (TPSA) is 55.1 Å². The molecule has 1 atom stereocenters. The van der Waals surface area contributed by atoms with Crippen LogP contribution in [0.2, 0.25) is 0 Å². The van der Waals surface area contributed by atoms with Crippen LogP contribution in [-0.4, -0.2) is 12.5 Å². The van der Waals surface area contributed by atoms with E-state index in [1.807, 2.05) is 24.3 Å². The number of carbonyl (C=O) groups excluding carboxylic acids is 1. The number of hydrogen-bond acceptors (Lipinski definition) is 2. The summed E-state index contributed by atoms with van der Waals surface area (Å²) in [7, 11) is 0. The number of amides is 1. The second-order valence-electron chi connectivity index (χ2n) is 5.22. The van der Waals surface area contributed by atoms with Gasteiger partial charge in [-0.1, -0.05) is 34.5 Å². The molecule has 1 fully saturated rings. The summed E-state index contributed by atoms with van der Waals surface area (Å²) in [6, 6.07) is 7.57. The zero-order chi connectivity index (χ0) is 13.2. The second-order valence-corrected chi connectivity index (χ2v) is 6.13. The van der Waals surface area contributed by atoms with Crippen molar-refractivity contribution in [3.63, 3.8) is 0 Å². The Kier molecular flexibility index (Phi) is 5.83. The van der Waals surface area contributed by atoms with Crippen molar-refractivity contribution >= 4 is 34.2 Å². The van der Waals surface area contributed by atoms with Crippen LogP contribution in [0.4, 0.5) is 0 Å². The monoisotopic (exact) mass is 346 g/mol. The molecule has 0 aromatic heterocycles. The third kappa shape index (κ3) is 3.94. The number of benzene rings is 1. The first kappa shape index (κ1) is 16.5. The van der Waals surface area contributed by atoms with Gasteiger partial charge in [-0.25, -0.2) is 0 Å². The van der Waals surface area contributed by atoms with E-state index in [4.69, 9.17) is 5.73 Å². The number of nitrogens with one attached hydrogen (secondary N) is 1. The van der Waals surface area contributed by atoms with Crippen molar-refractivity contribution in [2.45, 2.75) is 31.7 Å². The quantitative estimate of drug-likeness (QED) is 0.880. The maximum absolute atomic E-state index is 12.1. The van der Waals surface area contributed by atoms with E-state index in [0.29, 0.717) is 5.92 Å². The van der Waals surface area contributed by atoms with Gasteiger partial charge >= 0.3 is 0 Å². The predicted octanol–water partition coefficient (Wildman–Crippen LogP) is 2.96. The normalized spacial score (nSPS) is 17.8. The number of nitrogens with two attached hydrogens (primary N) is 1. The molecule has 1 aliphatic carbocycles. The Balaban J connectivity index is 0.00000180. The highest BCUT2D eigenvalue weighted by atomic mass is 79.9. The lowest BCUT2D eigenvalue weighted by Crippen LogP contribution is -2.50. The Morgan fingerprint density at radius 1 is 1.42 bits per heavy atom. The Hall–Kier alpha value is -0.580. The van der Waals surface area contributed by atoms with Crippen molar-refractivity contribution in [2.75, 3.05) is 6.54 Å². The van der Waals surface area contributed by atoms with Gasteiger partial charge in [-0.15, -0.1) is 12.4 Å². The first-order valence-electron chi connectivity index (χ1n) is 6.33. The minimum atomic E-state index is -0.968. The molecule has 0 radical (unpaired) electrons. The van der Waals surface area contributed by atoms with Gasteiger partial charge in [0.2, 0.25) is 5.91 Å². The predicted molar refractivity (Wildman–Crippen MR) is 83.3 cm³/mol. The third-order valence-electron chi connectivity index (χ3n) is 3.69. The Bertz CT molecular complexity index is 430. The number of rotatable bonds is 4. The summed E-state index contributed by atoms with van der Waals surface area (Å²) in [5, 5.41) is 2.96. The van der Waals surface area contributed by atoms with Crippen molar-refractivity contribution in [2.24, 2.45) is 11.7 Å². The SMILES string of the molecule is CC(N)(C(=O)NCC1CCC1)c1ccc(Br)cc1.Cl. The van der Waals surface area contributed by atoms with Crippen LogP contribution in [-0.2, 0) is 10.3 Å². The Morgan fingerprint density at radius 2 is 2.00 bits per heavy atom. The third-order valence-corrected chi connectivity index (χ3v) is 4.22. The van der Waals surface area contributed by atoms with Gasteiger partial charge < -0.3 is 11.1 Å². The van der Waals surface area contributed by atoms with Crippen molar-refractivity contribution in [1.82, 2.24) is 5.32 Å². The maximum Gasteiger partial charge on any atom is 0.244 e. The molecule has 1 unspecified atom stereocenters. The molecule has 1 aliphatic rings. The standard InChI is InChI=1S/C14H19BrN2O.ClH/c1-14(16,11-5-7-12(15)8-6-11)13(18)17-9-10-3-2-4-10;/h5-8,10H,2-4,9,16H2,1H3,(H,17,18);1H. The number of halogens is 2. The molecular formula is C14H20BrClN2O. The molecule has 19 heavy (non-hydrogen) atoms. The molecule has 0 heterocycles. The smallest absolute Gasteiger partial charge is 0.244 e. The van der Waals surface area contributed by atoms with E-state index in [9.17, 15) is 4.79 Å². The molecule has 3 N–H and O–H groups in total. The molecule has 1 saturated carbocycles. The molecule has 1 aromatic rings. The molecule has 5 heteroatoms. The summed E-state index contributed by atoms with van der Waals surface area (Å²) < 4.78 is 0.983. The van der Waals surface area contributed by atoms with Gasteiger partial charge in [0.05, 0.1) is 0 Å². The molecule has 0 saturated heterocycles. The van der Waals surface area contributed by atoms with Gasteiger partial charge in [0.25, 0.3) is 0 Å². The second kappa shape index (κ2) is 6.73. The van der Waals surface area contributed by atoms with Gasteiger partial charge in [-0.2, -0.15) is 0 Å². The van der Waals surface area contributed by atoms with Gasteiger partial charge in [0.1, 0.15) is 5.54 Å². The average molecular weight is 348 g/mol. The van der Waals surface area contributed by atoms with Crippen LogP contribution in [0.15, 0.2) is 28.7 Å². The van der Waals surface area contributed by atoms with Crippen LogP contribution < -0.4 is 11.1 Å². The molecule has 2 rings (SSSR count). The highest BCUT2D eigenvalue weighted by Gasteiger charge is 2.31. The van der Waals surface area contributed by atoms with E-state index >= 15 is 0 Å². The fourth-order valence-corrected chi connectivity index (χ4v) is 2.31. The van der Waals surface area contributed by atoms with Crippen LogP contribution in [0.25, 0.3) is 0 Å². The summed E-state index contributed by atoms with van der Waals surface area (Å²) in [5.74, 6) is 0.548. The van der Waals surface area contributed by atoms with Crippen molar-refractivity contribution < 1.29 is 4.79 Å². The molecule has 0 bridgehead atoms. The summed E-state index contributed by atoms with van der Waals surface area (Å²) in [6.45, 7) is 2.51. The molecule has 0 aliphatic heterocycles. The molecule has 3 nitrogen and oxygen atoms in total. The first-order chi connectivity index (χ1) is 8.50. The average Bonchev–Trinajstić information content (AvgIpc) is 2.27. The van der Waals surface area contributed by atoms with Crippen LogP contribution in [0.1, 0.15) is 31.7 Å². The van der Waals surface area contributed by atoms with Crippen molar-refractivity contribution in [3.05, 3.63) is 34.3 Å². The van der Waals surface area contributed by atoms with Gasteiger partial charge in [0, 0.05) is 11.0 Å². The van der Waals surface area contributed by atoms with Crippen LogP contribution >= 0.6 is 28.3 Å². The van der Waals surface area contributed by atoms with E-state index in [-0.39, 0.29) is 18.3 Å². The Labute approximate surface area is 128 Å². The minimum absolute atomic E-state index is 0. The summed E-state index contributed by atoms with van der Waals surface area (Å²) in [5.41, 5.74) is 6.01. The molecular weight excluding hydrogens is 328 g/mol. The number of hydrogen-bond donors (Lipinski definition) is 2. The zero-order valence-electron chi connectivity index (χ0n) is 11.0. The molecule has 106 valence electrons. The van der Waals surface area contributed by atoms with E-state index in [0.717, 1.165) is 16.6 Å². The first-order valence-corrected chi connectivity index (χ1v) is 7.12. The van der Waals surface area contributed by atoms with Gasteiger partial charge in [-0.3, -0.25) is 4.79 Å². The lowest BCUT2D eigenvalue weighted by molar-refractivity contribution is -0.126. The van der Waals surface area contributed by atoms with E-state index in [1.54, 1.807) is 6.92 Å². The summed E-state index contributed by atoms with van der Waals surface area (Å²) >= 11 is 3.37. The maximum atomic E-state index is 12.1. The summed E-state index contributed by atoms with van der Waals surface area (Å²) in [6.07, 6.45) is 3.73. The van der Waals surface area contributed by atoms with Crippen LogP contribution in [0.5, 0.6) is 0 Å². The molecule has 1 aromatic carbocycles. The van der Waals surface area contributed by atoms with E-state index in [1.165, 1.54) is 19.3 Å². The summed E-state index contributed by atoms with van der Waals surface area (Å²) in [4.78, 5) is 12.1. The number of carbonyl (C=O) groups is 1. The fraction of sp³-hybridized carbons (Fsp3) is 0.500. The van der Waals surface area contributed by atoms with Gasteiger partial charge in [-0.05, 0) is 43.4 Å². The lowest BCUT2D eigenvalue weighted by Gasteiger charge is -2.29. The van der Waals surface area contributed by atoms with E-state index < -0.39 is 5.54 Å². The molecule has 0 spiro atoms. The van der Waals surface area contributed by atoms with E-state index in [2.05, 4.69) is 21.2 Å².